The van der Waals surface area contributed by atoms with Crippen LogP contribution in [0.3, 0.4) is 0 Å². The number of hydrogen-bond donors (Lipinski definition) is 0. The summed E-state index contributed by atoms with van der Waals surface area (Å²) in [6.45, 7) is 6.68. The van der Waals surface area contributed by atoms with Crippen LogP contribution < -0.4 is 14.2 Å². The van der Waals surface area contributed by atoms with Gasteiger partial charge in [-0.1, -0.05) is 24.3 Å². The van der Waals surface area contributed by atoms with Gasteiger partial charge >= 0.3 is 11.9 Å². The smallest absolute Gasteiger partial charge is 0.314 e. The molecular weight excluding hydrogens is 406 g/mol. The zero-order valence-electron chi connectivity index (χ0n) is 17.5. The second-order valence-corrected chi connectivity index (χ2v) is 9.05. The molecule has 0 saturated carbocycles. The molecule has 160 valence electrons. The quantitative estimate of drug-likeness (QED) is 0.400. The summed E-state index contributed by atoms with van der Waals surface area (Å²) in [5, 5.41) is 1.53. The largest absolute Gasteiger partial charge is 0.487 e. The minimum absolute atomic E-state index is 0.241. The molecule has 0 N–H and O–H groups in total. The van der Waals surface area contributed by atoms with Crippen molar-refractivity contribution in [2.24, 2.45) is 5.92 Å². The molecule has 7 heteroatoms. The molecule has 0 aliphatic carbocycles. The van der Waals surface area contributed by atoms with E-state index in [9.17, 15) is 9.59 Å². The van der Waals surface area contributed by atoms with E-state index in [2.05, 4.69) is 0 Å². The maximum Gasteiger partial charge on any atom is 0.314 e. The second kappa shape index (κ2) is 8.08. The molecule has 0 spiro atoms. The summed E-state index contributed by atoms with van der Waals surface area (Å²) in [5.74, 6) is 0.236. The van der Waals surface area contributed by atoms with Gasteiger partial charge in [0, 0.05) is 36.3 Å². The molecule has 1 saturated heterocycles. The molecule has 2 aromatic rings. The van der Waals surface area contributed by atoms with Crippen LogP contribution in [0.25, 0.3) is 10.8 Å². The molecule has 4 rings (SSSR count). The summed E-state index contributed by atoms with van der Waals surface area (Å²) >= 11 is 6.02. The summed E-state index contributed by atoms with van der Waals surface area (Å²) in [7, 11) is 0. The molecule has 0 amide bonds. The number of nitrogens with zero attached hydrogens (tertiary/aromatic N) is 1. The Labute approximate surface area is 181 Å². The molecule has 2 aromatic carbocycles. The standard InChI is InChI=1S/C23H26ClNO5/c1-14(26)28-21-18-8-11-23(2,3)30-19(18)16-6-4-5-7-17(16)20(21)29-22(27)15-9-12-25(24)13-10-15/h4-7,15H,8-13H2,1-3H3. The van der Waals surface area contributed by atoms with Gasteiger partial charge in [-0.3, -0.25) is 9.59 Å². The Hall–Kier alpha value is -2.31. The number of piperidine rings is 1. The van der Waals surface area contributed by atoms with Crippen LogP contribution in [0.15, 0.2) is 24.3 Å². The van der Waals surface area contributed by atoms with E-state index >= 15 is 0 Å². The van der Waals surface area contributed by atoms with Gasteiger partial charge in [0.05, 0.1) is 5.92 Å². The summed E-state index contributed by atoms with van der Waals surface area (Å²) in [5.41, 5.74) is 0.429. The molecule has 2 heterocycles. The van der Waals surface area contributed by atoms with Crippen LogP contribution in [0.2, 0.25) is 0 Å². The first-order chi connectivity index (χ1) is 14.2. The van der Waals surface area contributed by atoms with Crippen LogP contribution in [-0.2, 0) is 16.0 Å². The van der Waals surface area contributed by atoms with Crippen molar-refractivity contribution in [2.45, 2.75) is 52.1 Å². The number of esters is 2. The number of carbonyl (C=O) groups is 2. The van der Waals surface area contributed by atoms with Crippen LogP contribution in [0.5, 0.6) is 17.2 Å². The van der Waals surface area contributed by atoms with Gasteiger partial charge in [0.2, 0.25) is 0 Å². The van der Waals surface area contributed by atoms with Crippen LogP contribution in [0.1, 0.15) is 45.6 Å². The van der Waals surface area contributed by atoms with Gasteiger partial charge in [-0.2, -0.15) is 0 Å². The van der Waals surface area contributed by atoms with Crippen LogP contribution in [-0.4, -0.2) is 35.0 Å². The lowest BCUT2D eigenvalue weighted by Crippen LogP contribution is -2.34. The minimum Gasteiger partial charge on any atom is -0.487 e. The number of rotatable bonds is 3. The van der Waals surface area contributed by atoms with Crippen LogP contribution >= 0.6 is 11.8 Å². The first-order valence-corrected chi connectivity index (χ1v) is 10.7. The zero-order valence-corrected chi connectivity index (χ0v) is 18.3. The highest BCUT2D eigenvalue weighted by Gasteiger charge is 2.35. The van der Waals surface area contributed by atoms with Gasteiger partial charge in [-0.05, 0) is 51.3 Å². The van der Waals surface area contributed by atoms with Crippen molar-refractivity contribution in [3.8, 4) is 17.2 Å². The molecular formula is C23H26ClNO5. The van der Waals surface area contributed by atoms with E-state index in [1.807, 2.05) is 38.1 Å². The lowest BCUT2D eigenvalue weighted by molar-refractivity contribution is -0.141. The predicted molar refractivity (Wildman–Crippen MR) is 114 cm³/mol. The van der Waals surface area contributed by atoms with E-state index in [0.717, 1.165) is 17.4 Å². The highest BCUT2D eigenvalue weighted by atomic mass is 35.5. The summed E-state index contributed by atoms with van der Waals surface area (Å²) in [6, 6.07) is 7.58. The molecule has 2 aliphatic heterocycles. The van der Waals surface area contributed by atoms with Crippen molar-refractivity contribution < 1.29 is 23.8 Å². The fourth-order valence-electron chi connectivity index (χ4n) is 4.12. The van der Waals surface area contributed by atoms with Crippen molar-refractivity contribution in [3.05, 3.63) is 29.8 Å². The zero-order chi connectivity index (χ0) is 21.5. The number of fused-ring (bicyclic) bond motifs is 3. The number of carbonyl (C=O) groups excluding carboxylic acids is 2. The highest BCUT2D eigenvalue weighted by molar-refractivity contribution is 6.13. The summed E-state index contributed by atoms with van der Waals surface area (Å²) in [6.07, 6.45) is 2.68. The van der Waals surface area contributed by atoms with Crippen LogP contribution in [0, 0.1) is 5.92 Å². The Kier molecular flexibility index (Phi) is 5.64. The fraction of sp³-hybridized carbons (Fsp3) is 0.478. The Morgan fingerprint density at radius 3 is 2.43 bits per heavy atom. The van der Waals surface area contributed by atoms with Gasteiger partial charge in [0.25, 0.3) is 0 Å². The molecule has 0 aromatic heterocycles. The number of benzene rings is 2. The Bertz CT molecular complexity index is 995. The van der Waals surface area contributed by atoms with Gasteiger partial charge in [-0.25, -0.2) is 4.42 Å². The van der Waals surface area contributed by atoms with Crippen molar-refractivity contribution in [3.63, 3.8) is 0 Å². The molecule has 30 heavy (non-hydrogen) atoms. The van der Waals surface area contributed by atoms with E-state index in [1.165, 1.54) is 6.92 Å². The molecule has 1 fully saturated rings. The topological polar surface area (TPSA) is 65.1 Å². The lowest BCUT2D eigenvalue weighted by atomic mass is 9.91. The lowest BCUT2D eigenvalue weighted by Gasteiger charge is -2.34. The second-order valence-electron chi connectivity index (χ2n) is 8.57. The van der Waals surface area contributed by atoms with Crippen LogP contribution in [0.4, 0.5) is 0 Å². The predicted octanol–water partition coefficient (Wildman–Crippen LogP) is 4.64. The van der Waals surface area contributed by atoms with Crippen molar-refractivity contribution >= 4 is 34.5 Å². The summed E-state index contributed by atoms with van der Waals surface area (Å²) < 4.78 is 19.5. The Morgan fingerprint density at radius 2 is 1.77 bits per heavy atom. The highest BCUT2D eigenvalue weighted by Crippen LogP contribution is 2.50. The first-order valence-electron chi connectivity index (χ1n) is 10.3. The number of hydrogen-bond acceptors (Lipinski definition) is 6. The van der Waals surface area contributed by atoms with E-state index in [1.54, 1.807) is 4.42 Å². The monoisotopic (exact) mass is 431 g/mol. The van der Waals surface area contributed by atoms with Crippen molar-refractivity contribution in [1.29, 1.82) is 0 Å². The van der Waals surface area contributed by atoms with E-state index in [-0.39, 0.29) is 23.2 Å². The van der Waals surface area contributed by atoms with Gasteiger partial charge < -0.3 is 14.2 Å². The molecule has 6 nitrogen and oxygen atoms in total. The molecule has 0 atom stereocenters. The third-order valence-corrected chi connectivity index (χ3v) is 6.09. The van der Waals surface area contributed by atoms with Crippen molar-refractivity contribution in [1.82, 2.24) is 4.42 Å². The third-order valence-electron chi connectivity index (χ3n) is 5.75. The maximum atomic E-state index is 13.0. The minimum atomic E-state index is -0.468. The maximum absolute atomic E-state index is 13.0. The van der Waals surface area contributed by atoms with Gasteiger partial charge in [0.15, 0.2) is 11.5 Å². The van der Waals surface area contributed by atoms with E-state index in [0.29, 0.717) is 49.2 Å². The number of halogens is 1. The fourth-order valence-corrected chi connectivity index (χ4v) is 4.32. The molecule has 0 radical (unpaired) electrons. The molecule has 2 aliphatic rings. The SMILES string of the molecule is CC(=O)Oc1c2c(c3ccccc3c1OC(=O)C1CCN(Cl)CC1)OC(C)(C)CC2. The first kappa shape index (κ1) is 20.9. The normalized spacial score (nSPS) is 19.1. The molecule has 0 unspecified atom stereocenters. The number of ether oxygens (including phenoxy) is 3. The molecule has 0 bridgehead atoms. The Balaban J connectivity index is 1.82. The van der Waals surface area contributed by atoms with Gasteiger partial charge in [-0.15, -0.1) is 0 Å². The Morgan fingerprint density at radius 1 is 1.10 bits per heavy atom. The third kappa shape index (κ3) is 4.12. The summed E-state index contributed by atoms with van der Waals surface area (Å²) in [4.78, 5) is 24.9. The van der Waals surface area contributed by atoms with Gasteiger partial charge in [0.1, 0.15) is 11.4 Å². The van der Waals surface area contributed by atoms with Crippen molar-refractivity contribution in [2.75, 3.05) is 13.1 Å². The van der Waals surface area contributed by atoms with E-state index < -0.39 is 5.97 Å². The van der Waals surface area contributed by atoms with E-state index in [4.69, 9.17) is 26.0 Å². The average molecular weight is 432 g/mol. The average Bonchev–Trinajstić information content (AvgIpc) is 2.70.